The predicted octanol–water partition coefficient (Wildman–Crippen LogP) is 3.58. The van der Waals surface area contributed by atoms with Crippen molar-refractivity contribution in [2.75, 3.05) is 0 Å². The second kappa shape index (κ2) is 4.45. The van der Waals surface area contributed by atoms with Crippen LogP contribution in [0.2, 0.25) is 0 Å². The van der Waals surface area contributed by atoms with Crippen LogP contribution in [0.3, 0.4) is 0 Å². The third-order valence-electron chi connectivity index (χ3n) is 1.86. The Balaban J connectivity index is 3.01. The molecular formula is C12H16FO. The maximum Gasteiger partial charge on any atom is 0.168 e. The molecule has 0 bridgehead atoms. The molecule has 1 aromatic rings. The summed E-state index contributed by atoms with van der Waals surface area (Å²) >= 11 is 0. The molecular weight excluding hydrogens is 179 g/mol. The lowest BCUT2D eigenvalue weighted by molar-refractivity contribution is 0.230. The molecule has 1 aromatic carbocycles. The Morgan fingerprint density at radius 2 is 1.93 bits per heavy atom. The Morgan fingerprint density at radius 1 is 1.29 bits per heavy atom. The lowest BCUT2D eigenvalue weighted by Crippen LogP contribution is -2.08. The van der Waals surface area contributed by atoms with Gasteiger partial charge in [-0.05, 0) is 25.5 Å². The summed E-state index contributed by atoms with van der Waals surface area (Å²) in [5.41, 5.74) is 0.628. The molecule has 1 nitrogen and oxygen atoms in total. The minimum absolute atomic E-state index is 0.00286. The lowest BCUT2D eigenvalue weighted by atomic mass is 10.0. The molecule has 2 heteroatoms. The fourth-order valence-corrected chi connectivity index (χ4v) is 1.24. The fourth-order valence-electron chi connectivity index (χ4n) is 1.24. The maximum atomic E-state index is 13.7. The molecule has 0 N–H and O–H groups in total. The second-order valence-electron chi connectivity index (χ2n) is 3.78. The molecule has 0 heterocycles. The highest BCUT2D eigenvalue weighted by Crippen LogP contribution is 2.26. The highest BCUT2D eigenvalue weighted by molar-refractivity contribution is 5.38. The summed E-state index contributed by atoms with van der Waals surface area (Å²) in [6.07, 6.45) is -0.00286. The first-order chi connectivity index (χ1) is 6.52. The largest absolute Gasteiger partial charge is 0.488 e. The number of rotatable bonds is 3. The molecule has 0 aromatic heterocycles. The molecule has 77 valence electrons. The Hall–Kier alpha value is -1.05. The minimum atomic E-state index is -0.263. The van der Waals surface area contributed by atoms with Crippen LogP contribution in [0.4, 0.5) is 4.39 Å². The first-order valence-electron chi connectivity index (χ1n) is 4.78. The zero-order valence-corrected chi connectivity index (χ0v) is 9.10. The van der Waals surface area contributed by atoms with Crippen LogP contribution in [0.5, 0.6) is 5.75 Å². The van der Waals surface area contributed by atoms with Crippen LogP contribution >= 0.6 is 0 Å². The number of hydrogen-bond donors (Lipinski definition) is 0. The summed E-state index contributed by atoms with van der Waals surface area (Å²) in [6.45, 7) is 7.54. The summed E-state index contributed by atoms with van der Waals surface area (Å²) in [5, 5.41) is 0. The first-order valence-corrected chi connectivity index (χ1v) is 4.78. The summed E-state index contributed by atoms with van der Waals surface area (Å²) in [4.78, 5) is 0. The summed E-state index contributed by atoms with van der Waals surface area (Å²) in [7, 11) is 0. The van der Waals surface area contributed by atoms with Gasteiger partial charge in [-0.1, -0.05) is 26.0 Å². The van der Waals surface area contributed by atoms with E-state index in [9.17, 15) is 4.39 Å². The van der Waals surface area contributed by atoms with Gasteiger partial charge in [-0.15, -0.1) is 0 Å². The average Bonchev–Trinajstić information content (AvgIpc) is 2.07. The maximum absolute atomic E-state index is 13.7. The zero-order valence-electron chi connectivity index (χ0n) is 9.10. The molecule has 1 rings (SSSR count). The van der Waals surface area contributed by atoms with E-state index in [0.717, 1.165) is 5.92 Å². The van der Waals surface area contributed by atoms with Crippen molar-refractivity contribution < 1.29 is 9.13 Å². The standard InChI is InChI=1S/C12H16FO/c1-8(2)10-6-5-7-11(12(10)13)14-9(3)4/h5-7,9H,1-4H3. The van der Waals surface area contributed by atoms with Crippen molar-refractivity contribution in [3.05, 3.63) is 35.5 Å². The monoisotopic (exact) mass is 195 g/mol. The van der Waals surface area contributed by atoms with Crippen molar-refractivity contribution >= 4 is 0 Å². The fraction of sp³-hybridized carbons (Fsp3) is 0.417. The van der Waals surface area contributed by atoms with Gasteiger partial charge in [0.15, 0.2) is 11.6 Å². The number of benzene rings is 1. The van der Waals surface area contributed by atoms with E-state index >= 15 is 0 Å². The Bertz CT molecular complexity index is 305. The summed E-state index contributed by atoms with van der Waals surface area (Å²) in [5.74, 6) is 1.02. The molecule has 1 radical (unpaired) electrons. The van der Waals surface area contributed by atoms with Gasteiger partial charge in [0.1, 0.15) is 0 Å². The van der Waals surface area contributed by atoms with Gasteiger partial charge in [0.05, 0.1) is 6.10 Å². The van der Waals surface area contributed by atoms with Crippen LogP contribution in [0.1, 0.15) is 33.3 Å². The van der Waals surface area contributed by atoms with E-state index < -0.39 is 0 Å². The van der Waals surface area contributed by atoms with Crippen LogP contribution in [-0.4, -0.2) is 6.10 Å². The van der Waals surface area contributed by atoms with Gasteiger partial charge < -0.3 is 4.74 Å². The van der Waals surface area contributed by atoms with Crippen molar-refractivity contribution in [1.29, 1.82) is 0 Å². The predicted molar refractivity (Wildman–Crippen MR) is 55.9 cm³/mol. The summed E-state index contributed by atoms with van der Waals surface area (Å²) in [6, 6.07) is 5.22. The quantitative estimate of drug-likeness (QED) is 0.716. The van der Waals surface area contributed by atoms with Crippen LogP contribution < -0.4 is 4.74 Å². The van der Waals surface area contributed by atoms with Gasteiger partial charge in [-0.3, -0.25) is 0 Å². The second-order valence-corrected chi connectivity index (χ2v) is 3.78. The molecule has 0 atom stereocenters. The van der Waals surface area contributed by atoms with Crippen molar-refractivity contribution in [3.8, 4) is 5.75 Å². The Labute approximate surface area is 84.9 Å². The van der Waals surface area contributed by atoms with E-state index in [1.165, 1.54) is 0 Å². The van der Waals surface area contributed by atoms with E-state index in [1.54, 1.807) is 12.1 Å². The van der Waals surface area contributed by atoms with Crippen molar-refractivity contribution in [2.45, 2.75) is 33.8 Å². The van der Waals surface area contributed by atoms with Gasteiger partial charge in [-0.25, -0.2) is 4.39 Å². The average molecular weight is 195 g/mol. The van der Waals surface area contributed by atoms with E-state index in [-0.39, 0.29) is 11.9 Å². The van der Waals surface area contributed by atoms with E-state index in [2.05, 4.69) is 0 Å². The van der Waals surface area contributed by atoms with Gasteiger partial charge >= 0.3 is 0 Å². The van der Waals surface area contributed by atoms with Crippen LogP contribution in [0, 0.1) is 11.7 Å². The van der Waals surface area contributed by atoms with Crippen molar-refractivity contribution in [1.82, 2.24) is 0 Å². The summed E-state index contributed by atoms with van der Waals surface area (Å²) < 4.78 is 19.1. The van der Waals surface area contributed by atoms with E-state index in [1.807, 2.05) is 33.8 Å². The molecule has 0 amide bonds. The Morgan fingerprint density at radius 3 is 2.43 bits per heavy atom. The third kappa shape index (κ3) is 2.47. The molecule has 0 fully saturated rings. The number of hydrogen-bond acceptors (Lipinski definition) is 1. The number of ether oxygens (including phenoxy) is 1. The first kappa shape index (κ1) is 11.0. The lowest BCUT2D eigenvalue weighted by Gasteiger charge is -2.13. The highest BCUT2D eigenvalue weighted by Gasteiger charge is 2.12. The number of halogens is 1. The van der Waals surface area contributed by atoms with Crippen LogP contribution in [-0.2, 0) is 0 Å². The van der Waals surface area contributed by atoms with E-state index in [0.29, 0.717) is 11.3 Å². The van der Waals surface area contributed by atoms with Crippen LogP contribution in [0.15, 0.2) is 18.2 Å². The molecule has 0 aliphatic carbocycles. The zero-order chi connectivity index (χ0) is 10.7. The van der Waals surface area contributed by atoms with E-state index in [4.69, 9.17) is 4.74 Å². The molecule has 14 heavy (non-hydrogen) atoms. The van der Waals surface area contributed by atoms with Gasteiger partial charge in [0, 0.05) is 5.92 Å². The normalized spacial score (nSPS) is 11.1. The highest BCUT2D eigenvalue weighted by atomic mass is 19.1. The van der Waals surface area contributed by atoms with Gasteiger partial charge in [0.25, 0.3) is 0 Å². The van der Waals surface area contributed by atoms with Crippen LogP contribution in [0.25, 0.3) is 0 Å². The molecule has 0 unspecified atom stereocenters. The smallest absolute Gasteiger partial charge is 0.168 e. The van der Waals surface area contributed by atoms with Crippen molar-refractivity contribution in [2.24, 2.45) is 0 Å². The topological polar surface area (TPSA) is 9.23 Å². The Kier molecular flexibility index (Phi) is 3.50. The molecule has 0 aliphatic rings. The SMILES string of the molecule is C[C](C)c1cccc(OC(C)C)c1F. The molecule has 0 saturated heterocycles. The molecule has 0 saturated carbocycles. The molecule has 0 aliphatic heterocycles. The van der Waals surface area contributed by atoms with Crippen molar-refractivity contribution in [3.63, 3.8) is 0 Å². The van der Waals surface area contributed by atoms with Gasteiger partial charge in [0.2, 0.25) is 0 Å². The van der Waals surface area contributed by atoms with Gasteiger partial charge in [-0.2, -0.15) is 0 Å². The third-order valence-corrected chi connectivity index (χ3v) is 1.86. The minimum Gasteiger partial charge on any atom is -0.488 e. The molecule has 0 spiro atoms.